The van der Waals surface area contributed by atoms with Gasteiger partial charge >= 0.3 is 5.97 Å². The van der Waals surface area contributed by atoms with Gasteiger partial charge in [-0.25, -0.2) is 4.79 Å². The Balaban J connectivity index is 2.41. The molecule has 0 amide bonds. The lowest BCUT2D eigenvalue weighted by atomic mass is 10.2. The van der Waals surface area contributed by atoms with Crippen LogP contribution in [0.5, 0.6) is 0 Å². The van der Waals surface area contributed by atoms with Crippen LogP contribution in [0.25, 0.3) is 0 Å². The molecule has 0 aliphatic rings. The molecule has 96 valence electrons. The van der Waals surface area contributed by atoms with Crippen LogP contribution in [-0.4, -0.2) is 50.6 Å². The Morgan fingerprint density at radius 3 is 2.88 bits per heavy atom. The van der Waals surface area contributed by atoms with Gasteiger partial charge in [0, 0.05) is 12.6 Å². The van der Waals surface area contributed by atoms with E-state index in [0.29, 0.717) is 12.6 Å². The molecule has 0 saturated heterocycles. The Morgan fingerprint density at radius 1 is 1.65 bits per heavy atom. The third-order valence-electron chi connectivity index (χ3n) is 2.90. The summed E-state index contributed by atoms with van der Waals surface area (Å²) in [7, 11) is 2.06. The molecule has 1 N–H and O–H groups in total. The lowest BCUT2D eigenvalue weighted by Crippen LogP contribution is -2.32. The minimum absolute atomic E-state index is 0.00532. The molecule has 1 unspecified atom stereocenters. The van der Waals surface area contributed by atoms with Crippen LogP contribution in [0.2, 0.25) is 0 Å². The van der Waals surface area contributed by atoms with Gasteiger partial charge in [-0.1, -0.05) is 18.6 Å². The van der Waals surface area contributed by atoms with Gasteiger partial charge in [-0.05, 0) is 20.4 Å². The molecule has 0 fully saturated rings. The van der Waals surface area contributed by atoms with Crippen molar-refractivity contribution in [3.8, 4) is 0 Å². The summed E-state index contributed by atoms with van der Waals surface area (Å²) >= 11 is 0. The molecule has 0 aliphatic heterocycles. The van der Waals surface area contributed by atoms with Crippen LogP contribution in [0.1, 0.15) is 37.2 Å². The fourth-order valence-corrected chi connectivity index (χ4v) is 1.62. The van der Waals surface area contributed by atoms with E-state index < -0.39 is 5.97 Å². The van der Waals surface area contributed by atoms with Crippen molar-refractivity contribution in [2.24, 2.45) is 0 Å². The maximum atomic E-state index is 10.6. The van der Waals surface area contributed by atoms with Crippen LogP contribution in [0.15, 0.2) is 6.20 Å². The highest BCUT2D eigenvalue weighted by Gasteiger charge is 2.10. The smallest absolute Gasteiger partial charge is 0.358 e. The van der Waals surface area contributed by atoms with E-state index >= 15 is 0 Å². The van der Waals surface area contributed by atoms with Crippen LogP contribution < -0.4 is 0 Å². The highest BCUT2D eigenvalue weighted by atomic mass is 16.4. The number of nitrogens with zero attached hydrogens (tertiary/aromatic N) is 4. The van der Waals surface area contributed by atoms with Gasteiger partial charge in [-0.15, -0.1) is 5.10 Å². The average Bonchev–Trinajstić information content (AvgIpc) is 2.75. The summed E-state index contributed by atoms with van der Waals surface area (Å²) in [5.41, 5.74) is -0.00532. The lowest BCUT2D eigenvalue weighted by molar-refractivity contribution is 0.0690. The molecule has 1 aromatic heterocycles. The van der Waals surface area contributed by atoms with E-state index in [-0.39, 0.29) is 5.69 Å². The van der Waals surface area contributed by atoms with E-state index in [4.69, 9.17) is 5.11 Å². The molecule has 6 nitrogen and oxygen atoms in total. The number of aromatic nitrogens is 3. The average molecular weight is 240 g/mol. The third kappa shape index (κ3) is 4.14. The molecule has 1 heterocycles. The third-order valence-corrected chi connectivity index (χ3v) is 2.90. The summed E-state index contributed by atoms with van der Waals surface area (Å²) < 4.78 is 1.57. The number of hydrogen-bond donors (Lipinski definition) is 1. The molecule has 1 aromatic rings. The minimum Gasteiger partial charge on any atom is -0.476 e. The maximum absolute atomic E-state index is 10.6. The first-order chi connectivity index (χ1) is 8.04. The van der Waals surface area contributed by atoms with Crippen molar-refractivity contribution in [3.05, 3.63) is 11.9 Å². The van der Waals surface area contributed by atoms with Crippen molar-refractivity contribution in [2.45, 2.75) is 39.3 Å². The van der Waals surface area contributed by atoms with Crippen LogP contribution in [0, 0.1) is 0 Å². The van der Waals surface area contributed by atoms with Gasteiger partial charge in [0.15, 0.2) is 5.69 Å². The van der Waals surface area contributed by atoms with Gasteiger partial charge in [0.05, 0.1) is 12.7 Å². The van der Waals surface area contributed by atoms with Gasteiger partial charge in [-0.2, -0.15) is 0 Å². The van der Waals surface area contributed by atoms with Gasteiger partial charge in [-0.3, -0.25) is 4.68 Å². The number of carbonyl (C=O) groups is 1. The quantitative estimate of drug-likeness (QED) is 0.772. The number of likely N-dealkylation sites (N-methyl/N-ethyl adjacent to an activating group) is 1. The normalized spacial score (nSPS) is 12.9. The summed E-state index contributed by atoms with van der Waals surface area (Å²) in [4.78, 5) is 12.9. The zero-order valence-electron chi connectivity index (χ0n) is 10.6. The molecule has 1 atom stereocenters. The molecule has 0 aliphatic carbocycles. The van der Waals surface area contributed by atoms with E-state index in [2.05, 4.69) is 36.1 Å². The molecule has 6 heteroatoms. The zero-order chi connectivity index (χ0) is 12.8. The molecule has 0 radical (unpaired) electrons. The van der Waals surface area contributed by atoms with E-state index in [1.54, 1.807) is 4.68 Å². The topological polar surface area (TPSA) is 71.2 Å². The van der Waals surface area contributed by atoms with Crippen molar-refractivity contribution in [3.63, 3.8) is 0 Å². The fourth-order valence-electron chi connectivity index (χ4n) is 1.62. The summed E-state index contributed by atoms with van der Waals surface area (Å²) in [5, 5.41) is 16.1. The van der Waals surface area contributed by atoms with Crippen LogP contribution >= 0.6 is 0 Å². The first kappa shape index (κ1) is 13.6. The highest BCUT2D eigenvalue weighted by Crippen LogP contribution is 2.04. The molecular formula is C11H20N4O2. The number of hydrogen-bond acceptors (Lipinski definition) is 4. The second-order valence-corrected chi connectivity index (χ2v) is 4.29. The van der Waals surface area contributed by atoms with E-state index in [1.165, 1.54) is 6.20 Å². The predicted molar refractivity (Wildman–Crippen MR) is 64.0 cm³/mol. The van der Waals surface area contributed by atoms with Gasteiger partial charge < -0.3 is 10.0 Å². The van der Waals surface area contributed by atoms with Crippen molar-refractivity contribution in [1.29, 1.82) is 0 Å². The second-order valence-electron chi connectivity index (χ2n) is 4.29. The summed E-state index contributed by atoms with van der Waals surface area (Å²) in [6, 6.07) is 0.530. The van der Waals surface area contributed by atoms with Gasteiger partial charge in [0.25, 0.3) is 0 Å². The highest BCUT2D eigenvalue weighted by molar-refractivity contribution is 5.84. The Kier molecular flexibility index (Phi) is 5.09. The first-order valence-corrected chi connectivity index (χ1v) is 5.88. The van der Waals surface area contributed by atoms with Gasteiger partial charge in [0.1, 0.15) is 0 Å². The van der Waals surface area contributed by atoms with E-state index in [0.717, 1.165) is 19.4 Å². The van der Waals surface area contributed by atoms with Crippen LogP contribution in [0.3, 0.4) is 0 Å². The largest absolute Gasteiger partial charge is 0.476 e. The monoisotopic (exact) mass is 240 g/mol. The molecule has 0 aromatic carbocycles. The number of carboxylic acids is 1. The molecule has 0 spiro atoms. The first-order valence-electron chi connectivity index (χ1n) is 5.88. The minimum atomic E-state index is -1.04. The number of rotatable bonds is 7. The zero-order valence-corrected chi connectivity index (χ0v) is 10.6. The Bertz CT molecular complexity index is 364. The molecule has 0 saturated carbocycles. The lowest BCUT2D eigenvalue weighted by Gasteiger charge is -2.23. The van der Waals surface area contributed by atoms with Crippen LogP contribution in [-0.2, 0) is 6.54 Å². The molecule has 1 rings (SSSR count). The molecule has 0 bridgehead atoms. The summed E-state index contributed by atoms with van der Waals surface area (Å²) in [5.74, 6) is -1.04. The van der Waals surface area contributed by atoms with Crippen LogP contribution in [0.4, 0.5) is 0 Å². The predicted octanol–water partition coefficient (Wildman–Crippen LogP) is 1.10. The standard InChI is InChI=1S/C11H20N4O2/c1-4-5-9(2)14(3)6-7-15-8-10(11(16)17)12-13-15/h8-9H,4-7H2,1-3H3,(H,16,17). The van der Waals surface area contributed by atoms with Crippen molar-refractivity contribution in [2.75, 3.05) is 13.6 Å². The van der Waals surface area contributed by atoms with Crippen molar-refractivity contribution >= 4 is 5.97 Å². The summed E-state index contributed by atoms with van der Waals surface area (Å²) in [6.07, 6.45) is 3.78. The second kappa shape index (κ2) is 6.34. The Hall–Kier alpha value is -1.43. The fraction of sp³-hybridized carbons (Fsp3) is 0.727. The number of aromatic carboxylic acids is 1. The van der Waals surface area contributed by atoms with Crippen molar-refractivity contribution in [1.82, 2.24) is 19.9 Å². The van der Waals surface area contributed by atoms with Gasteiger partial charge in [0.2, 0.25) is 0 Å². The summed E-state index contributed by atoms with van der Waals surface area (Å²) in [6.45, 7) is 5.85. The Morgan fingerprint density at radius 2 is 2.35 bits per heavy atom. The van der Waals surface area contributed by atoms with E-state index in [1.807, 2.05) is 0 Å². The van der Waals surface area contributed by atoms with Crippen molar-refractivity contribution < 1.29 is 9.90 Å². The van der Waals surface area contributed by atoms with E-state index in [9.17, 15) is 4.79 Å². The molecule has 17 heavy (non-hydrogen) atoms. The maximum Gasteiger partial charge on any atom is 0.358 e. The molecular weight excluding hydrogens is 220 g/mol. The number of carboxylic acid groups (broad SMARTS) is 1. The Labute approximate surface area is 101 Å². The SMILES string of the molecule is CCCC(C)N(C)CCn1cc(C(=O)O)nn1.